The summed E-state index contributed by atoms with van der Waals surface area (Å²) in [6.45, 7) is 1.50. The Labute approximate surface area is 103 Å². The summed E-state index contributed by atoms with van der Waals surface area (Å²) in [4.78, 5) is 25.7. The number of azide groups is 1. The van der Waals surface area contributed by atoms with Gasteiger partial charge >= 0.3 is 5.97 Å². The van der Waals surface area contributed by atoms with E-state index in [2.05, 4.69) is 20.1 Å². The van der Waals surface area contributed by atoms with Gasteiger partial charge in [-0.3, -0.25) is 4.79 Å². The molecule has 0 aliphatic carbocycles. The molecule has 1 aromatic rings. The van der Waals surface area contributed by atoms with Gasteiger partial charge in [0.25, 0.3) is 5.91 Å². The molecule has 1 aromatic carbocycles. The Morgan fingerprint density at radius 2 is 2.11 bits per heavy atom. The minimum atomic E-state index is -0.776. The molecule has 7 nitrogen and oxygen atoms in total. The summed E-state index contributed by atoms with van der Waals surface area (Å²) in [6.07, 6.45) is 0. The number of carbonyl (C=O) groups is 2. The second-order valence-corrected chi connectivity index (χ2v) is 3.42. The second-order valence-electron chi connectivity index (χ2n) is 3.42. The van der Waals surface area contributed by atoms with Gasteiger partial charge < -0.3 is 10.1 Å². The van der Waals surface area contributed by atoms with Crippen molar-refractivity contribution in [3.63, 3.8) is 0 Å². The fourth-order valence-electron chi connectivity index (χ4n) is 1.31. The highest BCUT2D eigenvalue weighted by molar-refractivity contribution is 6.00. The van der Waals surface area contributed by atoms with Crippen molar-refractivity contribution in [1.29, 1.82) is 0 Å². The van der Waals surface area contributed by atoms with Gasteiger partial charge in [-0.1, -0.05) is 23.3 Å². The number of hydrogen-bond acceptors (Lipinski definition) is 4. The molecule has 0 aromatic heterocycles. The van der Waals surface area contributed by atoms with Crippen molar-refractivity contribution in [3.05, 3.63) is 40.3 Å². The molecular weight excluding hydrogens is 236 g/mol. The molecule has 0 heterocycles. The number of nitrogens with zero attached hydrogens (tertiary/aromatic N) is 3. The molecular formula is C11H12N4O3. The number of esters is 1. The smallest absolute Gasteiger partial charge is 0.328 e. The Hall–Kier alpha value is -2.53. The molecule has 18 heavy (non-hydrogen) atoms. The molecule has 7 heteroatoms. The van der Waals surface area contributed by atoms with Gasteiger partial charge in [0.05, 0.1) is 12.8 Å². The van der Waals surface area contributed by atoms with Crippen molar-refractivity contribution < 1.29 is 14.3 Å². The normalized spacial score (nSPS) is 11.0. The molecule has 0 saturated heterocycles. The third-order valence-corrected chi connectivity index (χ3v) is 2.20. The number of nitrogens with one attached hydrogen (secondary N) is 1. The fraction of sp³-hybridized carbons (Fsp3) is 0.273. The predicted molar refractivity (Wildman–Crippen MR) is 64.2 cm³/mol. The van der Waals surface area contributed by atoms with Crippen LogP contribution in [0.2, 0.25) is 0 Å². The zero-order valence-corrected chi connectivity index (χ0v) is 9.95. The molecule has 1 rings (SSSR count). The lowest BCUT2D eigenvalue weighted by Crippen LogP contribution is -2.39. The van der Waals surface area contributed by atoms with E-state index in [0.29, 0.717) is 0 Å². The first-order chi connectivity index (χ1) is 8.60. The zero-order valence-electron chi connectivity index (χ0n) is 9.95. The summed E-state index contributed by atoms with van der Waals surface area (Å²) in [5, 5.41) is 5.85. The highest BCUT2D eigenvalue weighted by Gasteiger charge is 2.18. The van der Waals surface area contributed by atoms with Crippen molar-refractivity contribution in [1.82, 2.24) is 5.32 Å². The molecule has 94 valence electrons. The van der Waals surface area contributed by atoms with Gasteiger partial charge in [-0.15, -0.1) is 0 Å². The lowest BCUT2D eigenvalue weighted by atomic mass is 10.1. The first kappa shape index (κ1) is 13.5. The standard InChI is InChI=1S/C11H12N4O3/c1-7(11(17)18-2)13-10(16)8-5-3-4-6-9(8)14-15-12/h3-7H,1-2H3,(H,13,16)/t7-/m0/s1. The van der Waals surface area contributed by atoms with Gasteiger partial charge in [-0.05, 0) is 18.5 Å². The Balaban J connectivity index is 2.91. The average Bonchev–Trinajstić information content (AvgIpc) is 2.38. The molecule has 0 spiro atoms. The molecule has 0 radical (unpaired) electrons. The van der Waals surface area contributed by atoms with Crippen molar-refractivity contribution in [2.45, 2.75) is 13.0 Å². The van der Waals surface area contributed by atoms with Crippen LogP contribution < -0.4 is 5.32 Å². The first-order valence-electron chi connectivity index (χ1n) is 5.13. The molecule has 1 N–H and O–H groups in total. The molecule has 0 saturated carbocycles. The Kier molecular flexibility index (Phi) is 4.71. The van der Waals surface area contributed by atoms with Crippen LogP contribution in [0.25, 0.3) is 10.4 Å². The Bertz CT molecular complexity index is 509. The predicted octanol–water partition coefficient (Wildman–Crippen LogP) is 1.92. The molecule has 0 fully saturated rings. The number of hydrogen-bond donors (Lipinski definition) is 1. The van der Waals surface area contributed by atoms with E-state index in [1.54, 1.807) is 12.1 Å². The monoisotopic (exact) mass is 248 g/mol. The average molecular weight is 248 g/mol. The lowest BCUT2D eigenvalue weighted by Gasteiger charge is -2.12. The molecule has 1 amide bonds. The third kappa shape index (κ3) is 3.23. The third-order valence-electron chi connectivity index (χ3n) is 2.20. The maximum Gasteiger partial charge on any atom is 0.328 e. The van der Waals surface area contributed by atoms with Gasteiger partial charge in [-0.25, -0.2) is 4.79 Å². The van der Waals surface area contributed by atoms with Crippen LogP contribution >= 0.6 is 0 Å². The summed E-state index contributed by atoms with van der Waals surface area (Å²) >= 11 is 0. The number of amides is 1. The molecule has 0 unspecified atom stereocenters. The summed E-state index contributed by atoms with van der Waals surface area (Å²) in [5.74, 6) is -1.06. The summed E-state index contributed by atoms with van der Waals surface area (Å²) < 4.78 is 4.49. The first-order valence-corrected chi connectivity index (χ1v) is 5.13. The van der Waals surface area contributed by atoms with Gasteiger partial charge in [-0.2, -0.15) is 0 Å². The van der Waals surface area contributed by atoms with E-state index in [4.69, 9.17) is 5.53 Å². The Morgan fingerprint density at radius 3 is 2.72 bits per heavy atom. The number of ether oxygens (including phenoxy) is 1. The number of methoxy groups -OCH3 is 1. The Morgan fingerprint density at radius 1 is 1.44 bits per heavy atom. The van der Waals surface area contributed by atoms with Gasteiger partial charge in [0.1, 0.15) is 6.04 Å². The van der Waals surface area contributed by atoms with E-state index in [9.17, 15) is 9.59 Å². The SMILES string of the molecule is COC(=O)[C@H](C)NC(=O)c1ccccc1N=[N+]=[N-]. The van der Waals surface area contributed by atoms with Crippen LogP contribution in [0.5, 0.6) is 0 Å². The van der Waals surface area contributed by atoms with Crippen molar-refractivity contribution >= 4 is 17.6 Å². The quantitative estimate of drug-likeness (QED) is 0.381. The second kappa shape index (κ2) is 6.27. The highest BCUT2D eigenvalue weighted by atomic mass is 16.5. The van der Waals surface area contributed by atoms with Gasteiger partial charge in [0.2, 0.25) is 0 Å². The maximum absolute atomic E-state index is 11.9. The van der Waals surface area contributed by atoms with Crippen LogP contribution in [0.4, 0.5) is 5.69 Å². The van der Waals surface area contributed by atoms with E-state index in [-0.39, 0.29) is 11.3 Å². The maximum atomic E-state index is 11.9. The van der Waals surface area contributed by atoms with Crippen molar-refractivity contribution in [3.8, 4) is 0 Å². The molecule has 1 atom stereocenters. The van der Waals surface area contributed by atoms with Crippen LogP contribution in [-0.4, -0.2) is 25.0 Å². The topological polar surface area (TPSA) is 104 Å². The fourth-order valence-corrected chi connectivity index (χ4v) is 1.31. The van der Waals surface area contributed by atoms with Crippen molar-refractivity contribution in [2.75, 3.05) is 7.11 Å². The van der Waals surface area contributed by atoms with E-state index in [1.165, 1.54) is 26.2 Å². The summed E-state index contributed by atoms with van der Waals surface area (Å²) in [5.41, 5.74) is 8.79. The largest absolute Gasteiger partial charge is 0.467 e. The lowest BCUT2D eigenvalue weighted by molar-refractivity contribution is -0.142. The highest BCUT2D eigenvalue weighted by Crippen LogP contribution is 2.18. The zero-order chi connectivity index (χ0) is 13.5. The van der Waals surface area contributed by atoms with E-state index < -0.39 is 17.9 Å². The summed E-state index contributed by atoms with van der Waals surface area (Å²) in [7, 11) is 1.24. The van der Waals surface area contributed by atoms with Crippen LogP contribution in [0.1, 0.15) is 17.3 Å². The number of benzene rings is 1. The van der Waals surface area contributed by atoms with E-state index >= 15 is 0 Å². The van der Waals surface area contributed by atoms with Crippen LogP contribution in [0.15, 0.2) is 29.4 Å². The molecule has 0 aliphatic heterocycles. The van der Waals surface area contributed by atoms with Crippen molar-refractivity contribution in [2.24, 2.45) is 5.11 Å². The number of carbonyl (C=O) groups excluding carboxylic acids is 2. The van der Waals surface area contributed by atoms with Crippen LogP contribution in [0, 0.1) is 0 Å². The molecule has 0 aliphatic rings. The van der Waals surface area contributed by atoms with Crippen LogP contribution in [-0.2, 0) is 9.53 Å². The minimum absolute atomic E-state index is 0.200. The van der Waals surface area contributed by atoms with E-state index in [1.807, 2.05) is 0 Å². The van der Waals surface area contributed by atoms with Gasteiger partial charge in [0.15, 0.2) is 0 Å². The minimum Gasteiger partial charge on any atom is -0.467 e. The number of rotatable bonds is 4. The van der Waals surface area contributed by atoms with E-state index in [0.717, 1.165) is 0 Å². The van der Waals surface area contributed by atoms with Gasteiger partial charge in [0, 0.05) is 10.5 Å². The molecule has 0 bridgehead atoms. The summed E-state index contributed by atoms with van der Waals surface area (Å²) in [6, 6.07) is 5.51. The van der Waals surface area contributed by atoms with Crippen LogP contribution in [0.3, 0.4) is 0 Å².